The van der Waals surface area contributed by atoms with Gasteiger partial charge in [0, 0.05) is 22.7 Å². The number of aliphatic hydroxyl groups excluding tert-OH is 1. The summed E-state index contributed by atoms with van der Waals surface area (Å²) in [5.41, 5.74) is 2.05. The second kappa shape index (κ2) is 5.85. The number of H-pyrrole nitrogens is 1. The Kier molecular flexibility index (Phi) is 3.94. The van der Waals surface area contributed by atoms with E-state index in [4.69, 9.17) is 4.74 Å². The topological polar surface area (TPSA) is 57.3 Å². The van der Waals surface area contributed by atoms with Crippen LogP contribution in [0.2, 0.25) is 0 Å². The molecule has 1 aliphatic rings. The van der Waals surface area contributed by atoms with E-state index in [1.807, 2.05) is 31.3 Å². The third-order valence-electron chi connectivity index (χ3n) is 4.15. The maximum absolute atomic E-state index is 10.7. The Bertz CT molecular complexity index is 573. The number of ether oxygens (including phenoxy) is 1. The van der Waals surface area contributed by atoms with Crippen LogP contribution in [-0.4, -0.2) is 29.8 Å². The molecule has 1 aromatic carbocycles. The Morgan fingerprint density at radius 3 is 2.90 bits per heavy atom. The molecule has 1 saturated heterocycles. The zero-order valence-electron chi connectivity index (χ0n) is 11.9. The fraction of sp³-hybridized carbons (Fsp3) is 0.500. The van der Waals surface area contributed by atoms with Gasteiger partial charge in [0.25, 0.3) is 0 Å². The molecule has 0 radical (unpaired) electrons. The van der Waals surface area contributed by atoms with Gasteiger partial charge in [-0.05, 0) is 57.0 Å². The molecule has 0 bridgehead atoms. The highest BCUT2D eigenvalue weighted by atomic mass is 16.5. The van der Waals surface area contributed by atoms with Gasteiger partial charge in [-0.1, -0.05) is 0 Å². The third kappa shape index (κ3) is 2.53. The van der Waals surface area contributed by atoms with E-state index in [0.717, 1.165) is 48.1 Å². The molecule has 0 amide bonds. The van der Waals surface area contributed by atoms with Gasteiger partial charge in [0.05, 0.1) is 12.7 Å². The summed E-state index contributed by atoms with van der Waals surface area (Å²) >= 11 is 0. The van der Waals surface area contributed by atoms with Crippen LogP contribution < -0.4 is 10.1 Å². The van der Waals surface area contributed by atoms with Crippen LogP contribution in [0.4, 0.5) is 0 Å². The zero-order valence-corrected chi connectivity index (χ0v) is 11.9. The molecule has 4 nitrogen and oxygen atoms in total. The van der Waals surface area contributed by atoms with Crippen LogP contribution in [-0.2, 0) is 0 Å². The molecule has 1 aliphatic heterocycles. The van der Waals surface area contributed by atoms with Crippen LogP contribution in [0.25, 0.3) is 10.9 Å². The van der Waals surface area contributed by atoms with Gasteiger partial charge in [-0.3, -0.25) is 0 Å². The first kappa shape index (κ1) is 13.5. The highest BCUT2D eigenvalue weighted by Gasteiger charge is 2.25. The molecule has 1 aromatic heterocycles. The molecule has 0 spiro atoms. The SMILES string of the molecule is CCOc1ccc2[nH]cc(C(O)C3CCNCC3)c2c1. The van der Waals surface area contributed by atoms with Crippen molar-refractivity contribution in [3.8, 4) is 5.75 Å². The summed E-state index contributed by atoms with van der Waals surface area (Å²) in [6.07, 6.45) is 3.59. The monoisotopic (exact) mass is 274 g/mol. The quantitative estimate of drug-likeness (QED) is 0.803. The molecule has 4 heteroatoms. The van der Waals surface area contributed by atoms with E-state index in [-0.39, 0.29) is 0 Å². The maximum Gasteiger partial charge on any atom is 0.120 e. The van der Waals surface area contributed by atoms with E-state index in [1.54, 1.807) is 0 Å². The average molecular weight is 274 g/mol. The Morgan fingerprint density at radius 1 is 1.35 bits per heavy atom. The van der Waals surface area contributed by atoms with Gasteiger partial charge in [0.1, 0.15) is 5.75 Å². The summed E-state index contributed by atoms with van der Waals surface area (Å²) in [4.78, 5) is 3.25. The van der Waals surface area contributed by atoms with Gasteiger partial charge in [-0.2, -0.15) is 0 Å². The van der Waals surface area contributed by atoms with Gasteiger partial charge in [-0.25, -0.2) is 0 Å². The standard InChI is InChI=1S/C16H22N2O2/c1-2-20-12-3-4-15-13(9-12)14(10-18-15)16(19)11-5-7-17-8-6-11/h3-4,9-11,16-19H,2,5-8H2,1H3. The summed E-state index contributed by atoms with van der Waals surface area (Å²) in [5.74, 6) is 1.20. The van der Waals surface area contributed by atoms with Crippen molar-refractivity contribution in [1.29, 1.82) is 0 Å². The van der Waals surface area contributed by atoms with Gasteiger partial charge in [-0.15, -0.1) is 0 Å². The highest BCUT2D eigenvalue weighted by Crippen LogP contribution is 2.34. The highest BCUT2D eigenvalue weighted by molar-refractivity contribution is 5.85. The molecule has 0 saturated carbocycles. The van der Waals surface area contributed by atoms with Crippen LogP contribution in [0.1, 0.15) is 31.4 Å². The molecule has 108 valence electrons. The summed E-state index contributed by atoms with van der Waals surface area (Å²) < 4.78 is 5.56. The predicted molar refractivity (Wildman–Crippen MR) is 80.0 cm³/mol. The van der Waals surface area contributed by atoms with Gasteiger partial charge < -0.3 is 20.1 Å². The minimum Gasteiger partial charge on any atom is -0.494 e. The van der Waals surface area contributed by atoms with Crippen molar-refractivity contribution in [1.82, 2.24) is 10.3 Å². The zero-order chi connectivity index (χ0) is 13.9. The van der Waals surface area contributed by atoms with E-state index in [1.165, 1.54) is 0 Å². The molecule has 20 heavy (non-hydrogen) atoms. The minimum atomic E-state index is -0.400. The summed E-state index contributed by atoms with van der Waals surface area (Å²) in [6, 6.07) is 6.00. The molecular weight excluding hydrogens is 252 g/mol. The fourth-order valence-corrected chi connectivity index (χ4v) is 3.04. The van der Waals surface area contributed by atoms with Crippen molar-refractivity contribution in [3.63, 3.8) is 0 Å². The molecule has 1 fully saturated rings. The summed E-state index contributed by atoms with van der Waals surface area (Å²) in [5, 5.41) is 15.1. The van der Waals surface area contributed by atoms with Crippen LogP contribution in [0.15, 0.2) is 24.4 Å². The van der Waals surface area contributed by atoms with Crippen molar-refractivity contribution in [3.05, 3.63) is 30.0 Å². The largest absolute Gasteiger partial charge is 0.494 e. The molecule has 3 N–H and O–H groups in total. The van der Waals surface area contributed by atoms with Crippen LogP contribution in [0.5, 0.6) is 5.75 Å². The molecule has 0 aliphatic carbocycles. The molecular formula is C16H22N2O2. The van der Waals surface area contributed by atoms with Crippen LogP contribution in [0.3, 0.4) is 0 Å². The van der Waals surface area contributed by atoms with Gasteiger partial charge in [0.15, 0.2) is 0 Å². The van der Waals surface area contributed by atoms with Crippen molar-refractivity contribution in [2.24, 2.45) is 5.92 Å². The van der Waals surface area contributed by atoms with Gasteiger partial charge in [0.2, 0.25) is 0 Å². The number of aromatic nitrogens is 1. The van der Waals surface area contributed by atoms with E-state index >= 15 is 0 Å². The number of fused-ring (bicyclic) bond motifs is 1. The van der Waals surface area contributed by atoms with E-state index in [9.17, 15) is 5.11 Å². The number of nitrogens with one attached hydrogen (secondary N) is 2. The first-order chi connectivity index (χ1) is 9.79. The number of hydrogen-bond donors (Lipinski definition) is 3. The molecule has 2 aromatic rings. The smallest absolute Gasteiger partial charge is 0.120 e. The molecule has 1 unspecified atom stereocenters. The lowest BCUT2D eigenvalue weighted by atomic mass is 9.88. The van der Waals surface area contributed by atoms with Gasteiger partial charge >= 0.3 is 0 Å². The summed E-state index contributed by atoms with van der Waals surface area (Å²) in [7, 11) is 0. The van der Waals surface area contributed by atoms with Crippen molar-refractivity contribution in [2.75, 3.05) is 19.7 Å². The normalized spacial score (nSPS) is 18.3. The van der Waals surface area contributed by atoms with E-state index in [2.05, 4.69) is 10.3 Å². The number of rotatable bonds is 4. The molecule has 2 heterocycles. The Morgan fingerprint density at radius 2 is 2.15 bits per heavy atom. The number of aromatic amines is 1. The van der Waals surface area contributed by atoms with Crippen molar-refractivity contribution >= 4 is 10.9 Å². The second-order valence-electron chi connectivity index (χ2n) is 5.42. The second-order valence-corrected chi connectivity index (χ2v) is 5.42. The van der Waals surface area contributed by atoms with E-state index in [0.29, 0.717) is 12.5 Å². The van der Waals surface area contributed by atoms with E-state index < -0.39 is 6.10 Å². The number of benzene rings is 1. The van der Waals surface area contributed by atoms with Crippen LogP contribution in [0, 0.1) is 5.92 Å². The lowest BCUT2D eigenvalue weighted by Crippen LogP contribution is -2.30. The number of hydrogen-bond acceptors (Lipinski definition) is 3. The number of piperidine rings is 1. The predicted octanol–water partition coefficient (Wildman–Crippen LogP) is 2.60. The average Bonchev–Trinajstić information content (AvgIpc) is 2.91. The fourth-order valence-electron chi connectivity index (χ4n) is 3.04. The Labute approximate surface area is 119 Å². The lowest BCUT2D eigenvalue weighted by molar-refractivity contribution is 0.0902. The first-order valence-corrected chi connectivity index (χ1v) is 7.42. The Balaban J connectivity index is 1.91. The van der Waals surface area contributed by atoms with Crippen molar-refractivity contribution < 1.29 is 9.84 Å². The lowest BCUT2D eigenvalue weighted by Gasteiger charge is -2.27. The first-order valence-electron chi connectivity index (χ1n) is 7.42. The number of aliphatic hydroxyl groups is 1. The van der Waals surface area contributed by atoms with Crippen molar-refractivity contribution in [2.45, 2.75) is 25.9 Å². The summed E-state index contributed by atoms with van der Waals surface area (Å²) in [6.45, 7) is 4.62. The third-order valence-corrected chi connectivity index (χ3v) is 4.15. The molecule has 1 atom stereocenters. The minimum absolute atomic E-state index is 0.339. The molecule has 3 rings (SSSR count). The maximum atomic E-state index is 10.7. The Hall–Kier alpha value is -1.52. The van der Waals surface area contributed by atoms with Crippen LogP contribution >= 0.6 is 0 Å².